The highest BCUT2D eigenvalue weighted by Crippen LogP contribution is 2.25. The van der Waals surface area contributed by atoms with Gasteiger partial charge in [0.15, 0.2) is 0 Å². The molecule has 132 valence electrons. The van der Waals surface area contributed by atoms with Crippen LogP contribution in [0, 0.1) is 19.7 Å². The summed E-state index contributed by atoms with van der Waals surface area (Å²) in [5, 5.41) is 15.5. The Balaban J connectivity index is 2.06. The predicted molar refractivity (Wildman–Crippen MR) is 94.8 cm³/mol. The number of amides is 2. The smallest absolute Gasteiger partial charge is 0.227 e. The molecule has 0 saturated heterocycles. The molecular weight excluding hydrogens is 323 g/mol. The second-order valence-electron chi connectivity index (χ2n) is 5.99. The van der Waals surface area contributed by atoms with Crippen LogP contribution in [0.2, 0.25) is 0 Å². The van der Waals surface area contributed by atoms with Crippen molar-refractivity contribution in [2.45, 2.75) is 33.3 Å². The summed E-state index contributed by atoms with van der Waals surface area (Å²) in [6.07, 6.45) is -1.27. The molecule has 0 aromatic heterocycles. The summed E-state index contributed by atoms with van der Waals surface area (Å²) in [4.78, 5) is 23.4. The van der Waals surface area contributed by atoms with Gasteiger partial charge in [0.05, 0.1) is 12.5 Å². The van der Waals surface area contributed by atoms with Gasteiger partial charge in [0.1, 0.15) is 5.82 Å². The van der Waals surface area contributed by atoms with E-state index in [0.717, 1.165) is 11.1 Å². The van der Waals surface area contributed by atoms with Gasteiger partial charge in [0.25, 0.3) is 0 Å². The van der Waals surface area contributed by atoms with Crippen LogP contribution >= 0.6 is 0 Å². The topological polar surface area (TPSA) is 78.4 Å². The Labute approximate surface area is 145 Å². The second-order valence-corrected chi connectivity index (χ2v) is 5.99. The quantitative estimate of drug-likeness (QED) is 0.777. The minimum atomic E-state index is -1.09. The third-order valence-corrected chi connectivity index (χ3v) is 3.73. The fourth-order valence-electron chi connectivity index (χ4n) is 2.63. The Bertz CT molecular complexity index is 782. The van der Waals surface area contributed by atoms with Gasteiger partial charge < -0.3 is 15.7 Å². The maximum atomic E-state index is 13.2. The number of aryl methyl sites for hydroxylation is 2. The largest absolute Gasteiger partial charge is 0.388 e. The molecule has 6 heteroatoms. The Morgan fingerprint density at radius 3 is 2.32 bits per heavy atom. The Hall–Kier alpha value is -2.73. The number of halogens is 1. The molecule has 3 N–H and O–H groups in total. The highest BCUT2D eigenvalue weighted by molar-refractivity contribution is 5.94. The number of carbonyl (C=O) groups is 2. The summed E-state index contributed by atoms with van der Waals surface area (Å²) >= 11 is 0. The van der Waals surface area contributed by atoms with Crippen LogP contribution in [0.4, 0.5) is 15.8 Å². The number of carbonyl (C=O) groups excluding carboxylic acids is 2. The third-order valence-electron chi connectivity index (χ3n) is 3.73. The lowest BCUT2D eigenvalue weighted by molar-refractivity contribution is -0.118. The molecule has 0 aliphatic rings. The van der Waals surface area contributed by atoms with Crippen LogP contribution in [-0.2, 0) is 9.59 Å². The molecule has 1 unspecified atom stereocenters. The van der Waals surface area contributed by atoms with E-state index in [2.05, 4.69) is 10.6 Å². The molecular formula is C19H21FN2O3. The van der Waals surface area contributed by atoms with E-state index < -0.39 is 11.9 Å². The highest BCUT2D eigenvalue weighted by Gasteiger charge is 2.15. The van der Waals surface area contributed by atoms with Crippen LogP contribution in [-0.4, -0.2) is 16.9 Å². The fourth-order valence-corrected chi connectivity index (χ4v) is 2.63. The van der Waals surface area contributed by atoms with Gasteiger partial charge in [-0.1, -0.05) is 12.1 Å². The fraction of sp³-hybridized carbons (Fsp3) is 0.263. The van der Waals surface area contributed by atoms with Gasteiger partial charge in [-0.25, -0.2) is 4.39 Å². The number of rotatable bonds is 5. The van der Waals surface area contributed by atoms with Gasteiger partial charge >= 0.3 is 0 Å². The molecule has 1 atom stereocenters. The Kier molecular flexibility index (Phi) is 5.88. The van der Waals surface area contributed by atoms with Gasteiger partial charge in [0, 0.05) is 18.3 Å². The molecule has 0 saturated carbocycles. The first-order chi connectivity index (χ1) is 11.8. The summed E-state index contributed by atoms with van der Waals surface area (Å²) < 4.78 is 13.2. The van der Waals surface area contributed by atoms with E-state index in [9.17, 15) is 19.1 Å². The number of hydrogen-bond donors (Lipinski definition) is 3. The molecule has 0 spiro atoms. The van der Waals surface area contributed by atoms with Gasteiger partial charge in [-0.15, -0.1) is 0 Å². The summed E-state index contributed by atoms with van der Waals surface area (Å²) in [7, 11) is 0. The first-order valence-electron chi connectivity index (χ1n) is 7.88. The number of aliphatic hydroxyl groups excluding tert-OH is 1. The van der Waals surface area contributed by atoms with Crippen molar-refractivity contribution >= 4 is 23.2 Å². The van der Waals surface area contributed by atoms with Crippen molar-refractivity contribution in [3.05, 3.63) is 58.9 Å². The van der Waals surface area contributed by atoms with Crippen LogP contribution < -0.4 is 10.6 Å². The summed E-state index contributed by atoms with van der Waals surface area (Å²) in [5.41, 5.74) is 3.27. The van der Waals surface area contributed by atoms with Crippen LogP contribution in [0.15, 0.2) is 36.4 Å². The molecule has 0 aliphatic heterocycles. The predicted octanol–water partition coefficient (Wildman–Crippen LogP) is 3.46. The lowest BCUT2D eigenvalue weighted by Crippen LogP contribution is -2.16. The van der Waals surface area contributed by atoms with Gasteiger partial charge in [-0.2, -0.15) is 0 Å². The number of hydrogen-bond acceptors (Lipinski definition) is 3. The van der Waals surface area contributed by atoms with Gasteiger partial charge in [0.2, 0.25) is 11.8 Å². The van der Waals surface area contributed by atoms with E-state index in [0.29, 0.717) is 16.9 Å². The van der Waals surface area contributed by atoms with Crippen molar-refractivity contribution < 1.29 is 19.1 Å². The van der Waals surface area contributed by atoms with Crippen LogP contribution in [0.3, 0.4) is 0 Å². The highest BCUT2D eigenvalue weighted by atomic mass is 19.1. The van der Waals surface area contributed by atoms with Crippen molar-refractivity contribution in [3.8, 4) is 0 Å². The number of benzene rings is 2. The van der Waals surface area contributed by atoms with E-state index in [4.69, 9.17) is 0 Å². The molecule has 2 amide bonds. The van der Waals surface area contributed by atoms with E-state index >= 15 is 0 Å². The first kappa shape index (κ1) is 18.6. The number of anilines is 2. The molecule has 2 aromatic rings. The number of nitrogens with one attached hydrogen (secondary N) is 2. The first-order valence-corrected chi connectivity index (χ1v) is 7.88. The Morgan fingerprint density at radius 2 is 1.76 bits per heavy atom. The molecule has 25 heavy (non-hydrogen) atoms. The van der Waals surface area contributed by atoms with E-state index in [1.54, 1.807) is 18.2 Å². The minimum Gasteiger partial charge on any atom is -0.388 e. The standard InChI is InChI=1S/C19H21FN2O3/c1-11-7-16(8-12(2)19(11)21-13(3)23)22-18(25)10-17(24)14-5-4-6-15(20)9-14/h4-9,17,24H,10H2,1-3H3,(H,21,23)(H,22,25). The lowest BCUT2D eigenvalue weighted by atomic mass is 10.1. The molecule has 0 radical (unpaired) electrons. The number of aliphatic hydroxyl groups is 1. The molecule has 0 fully saturated rings. The zero-order valence-electron chi connectivity index (χ0n) is 14.4. The summed E-state index contributed by atoms with van der Waals surface area (Å²) in [6.45, 7) is 5.09. The average Bonchev–Trinajstić information content (AvgIpc) is 2.50. The van der Waals surface area contributed by atoms with E-state index in [-0.39, 0.29) is 18.2 Å². The zero-order valence-corrected chi connectivity index (χ0v) is 14.4. The van der Waals surface area contributed by atoms with Gasteiger partial charge in [-0.3, -0.25) is 9.59 Å². The zero-order chi connectivity index (χ0) is 18.6. The summed E-state index contributed by atoms with van der Waals surface area (Å²) in [6, 6.07) is 9.01. The summed E-state index contributed by atoms with van der Waals surface area (Å²) in [5.74, 6) is -1.01. The monoisotopic (exact) mass is 344 g/mol. The van der Waals surface area contributed by atoms with E-state index in [1.807, 2.05) is 13.8 Å². The second kappa shape index (κ2) is 7.90. The third kappa shape index (κ3) is 5.12. The van der Waals surface area contributed by atoms with Crippen molar-refractivity contribution in [1.82, 2.24) is 0 Å². The molecule has 0 heterocycles. The molecule has 0 aliphatic carbocycles. The van der Waals surface area contributed by atoms with E-state index in [1.165, 1.54) is 25.1 Å². The molecule has 2 aromatic carbocycles. The molecule has 2 rings (SSSR count). The van der Waals surface area contributed by atoms with Gasteiger partial charge in [-0.05, 0) is 54.8 Å². The average molecular weight is 344 g/mol. The van der Waals surface area contributed by atoms with Crippen LogP contribution in [0.5, 0.6) is 0 Å². The van der Waals surface area contributed by atoms with Crippen LogP contribution in [0.1, 0.15) is 36.1 Å². The normalized spacial score (nSPS) is 11.7. The Morgan fingerprint density at radius 1 is 1.12 bits per heavy atom. The lowest BCUT2D eigenvalue weighted by Gasteiger charge is -2.15. The molecule has 0 bridgehead atoms. The maximum absolute atomic E-state index is 13.2. The molecule has 5 nitrogen and oxygen atoms in total. The van der Waals surface area contributed by atoms with Crippen molar-refractivity contribution in [2.75, 3.05) is 10.6 Å². The minimum absolute atomic E-state index is 0.166. The SMILES string of the molecule is CC(=O)Nc1c(C)cc(NC(=O)CC(O)c2cccc(F)c2)cc1C. The maximum Gasteiger partial charge on any atom is 0.227 e. The van der Waals surface area contributed by atoms with Crippen molar-refractivity contribution in [1.29, 1.82) is 0 Å². The van der Waals surface area contributed by atoms with Crippen molar-refractivity contribution in [3.63, 3.8) is 0 Å². The van der Waals surface area contributed by atoms with Crippen LogP contribution in [0.25, 0.3) is 0 Å². The van der Waals surface area contributed by atoms with Crippen molar-refractivity contribution in [2.24, 2.45) is 0 Å².